The van der Waals surface area contributed by atoms with E-state index in [1.165, 1.54) is 14.1 Å². The Morgan fingerprint density at radius 3 is 2.50 bits per heavy atom. The number of nitrogens with zero attached hydrogens (tertiary/aromatic N) is 1. The fourth-order valence-corrected chi connectivity index (χ4v) is 2.72. The maximum Gasteiger partial charge on any atom is 0.246 e. The van der Waals surface area contributed by atoms with Gasteiger partial charge in [0.05, 0.1) is 6.61 Å². The first-order chi connectivity index (χ1) is 7.39. The molecule has 16 heavy (non-hydrogen) atoms. The Balaban J connectivity index is 3.36. The molecule has 0 aromatic heterocycles. The zero-order valence-corrected chi connectivity index (χ0v) is 11.8. The van der Waals surface area contributed by atoms with Gasteiger partial charge in [-0.05, 0) is 25.1 Å². The monoisotopic (exact) mass is 307 g/mol. The molecule has 1 rings (SSSR count). The first kappa shape index (κ1) is 13.5. The summed E-state index contributed by atoms with van der Waals surface area (Å²) in [7, 11) is -0.490. The SMILES string of the molecule is CCOc1ccc(Br)cc1S(=O)(=O)N(C)C. The van der Waals surface area contributed by atoms with E-state index in [2.05, 4.69) is 15.9 Å². The minimum atomic E-state index is -3.47. The quantitative estimate of drug-likeness (QED) is 0.856. The third-order valence-corrected chi connectivity index (χ3v) is 4.29. The number of hydrogen-bond acceptors (Lipinski definition) is 3. The highest BCUT2D eigenvalue weighted by atomic mass is 79.9. The van der Waals surface area contributed by atoms with Crippen LogP contribution in [0.3, 0.4) is 0 Å². The molecule has 6 heteroatoms. The van der Waals surface area contributed by atoms with E-state index < -0.39 is 10.0 Å². The highest BCUT2D eigenvalue weighted by Crippen LogP contribution is 2.29. The molecule has 4 nitrogen and oxygen atoms in total. The lowest BCUT2D eigenvalue weighted by molar-refractivity contribution is 0.330. The fraction of sp³-hybridized carbons (Fsp3) is 0.400. The summed E-state index contributed by atoms with van der Waals surface area (Å²) in [5, 5.41) is 0. The maximum absolute atomic E-state index is 12.0. The van der Waals surface area contributed by atoms with E-state index in [0.29, 0.717) is 16.8 Å². The summed E-state index contributed by atoms with van der Waals surface area (Å²) in [6.45, 7) is 2.24. The molecular formula is C10H14BrNO3S. The van der Waals surface area contributed by atoms with Crippen molar-refractivity contribution >= 4 is 26.0 Å². The van der Waals surface area contributed by atoms with Gasteiger partial charge in [0.15, 0.2) is 0 Å². The highest BCUT2D eigenvalue weighted by Gasteiger charge is 2.22. The third kappa shape index (κ3) is 2.75. The van der Waals surface area contributed by atoms with Gasteiger partial charge in [-0.2, -0.15) is 0 Å². The van der Waals surface area contributed by atoms with Gasteiger partial charge in [0.25, 0.3) is 0 Å². The van der Waals surface area contributed by atoms with Crippen LogP contribution in [0.4, 0.5) is 0 Å². The molecule has 0 spiro atoms. The zero-order valence-electron chi connectivity index (χ0n) is 9.40. The molecule has 1 aromatic rings. The first-order valence-corrected chi connectivity index (χ1v) is 6.97. The number of rotatable bonds is 4. The Morgan fingerprint density at radius 2 is 2.00 bits per heavy atom. The third-order valence-electron chi connectivity index (χ3n) is 1.96. The normalized spacial score (nSPS) is 11.8. The van der Waals surface area contributed by atoms with E-state index in [-0.39, 0.29) is 4.90 Å². The molecule has 0 aliphatic carbocycles. The minimum absolute atomic E-state index is 0.175. The summed E-state index contributed by atoms with van der Waals surface area (Å²) in [4.78, 5) is 0.175. The minimum Gasteiger partial charge on any atom is -0.492 e. The standard InChI is InChI=1S/C10H14BrNO3S/c1-4-15-9-6-5-8(11)7-10(9)16(13,14)12(2)3/h5-7H,4H2,1-3H3. The molecule has 0 saturated heterocycles. The van der Waals surface area contributed by atoms with Gasteiger partial charge in [-0.15, -0.1) is 0 Å². The van der Waals surface area contributed by atoms with Gasteiger partial charge in [-0.25, -0.2) is 12.7 Å². The van der Waals surface area contributed by atoms with Crippen molar-refractivity contribution in [2.24, 2.45) is 0 Å². The first-order valence-electron chi connectivity index (χ1n) is 4.74. The van der Waals surface area contributed by atoms with Crippen LogP contribution >= 0.6 is 15.9 Å². The fourth-order valence-electron chi connectivity index (χ4n) is 1.15. The molecule has 0 aliphatic heterocycles. The van der Waals surface area contributed by atoms with Crippen molar-refractivity contribution in [3.8, 4) is 5.75 Å². The lowest BCUT2D eigenvalue weighted by Gasteiger charge is -2.15. The second kappa shape index (κ2) is 5.16. The number of halogens is 1. The lowest BCUT2D eigenvalue weighted by Crippen LogP contribution is -2.23. The molecule has 0 atom stereocenters. The molecule has 0 amide bonds. The second-order valence-corrected chi connectivity index (χ2v) is 6.35. The van der Waals surface area contributed by atoms with Crippen molar-refractivity contribution in [2.75, 3.05) is 20.7 Å². The average Bonchev–Trinajstić information content (AvgIpc) is 2.20. The Hall–Kier alpha value is -0.590. The van der Waals surface area contributed by atoms with E-state index in [4.69, 9.17) is 4.74 Å². The smallest absolute Gasteiger partial charge is 0.246 e. The maximum atomic E-state index is 12.0. The van der Waals surface area contributed by atoms with Crippen LogP contribution in [0.2, 0.25) is 0 Å². The zero-order chi connectivity index (χ0) is 12.3. The molecule has 0 saturated carbocycles. The van der Waals surface area contributed by atoms with Crippen LogP contribution in [0.15, 0.2) is 27.6 Å². The summed E-state index contributed by atoms with van der Waals surface area (Å²) < 4.78 is 31.2. The Bertz CT molecular complexity index is 471. The summed E-state index contributed by atoms with van der Waals surface area (Å²) in [5.41, 5.74) is 0. The molecule has 0 bridgehead atoms. The molecule has 0 fully saturated rings. The van der Waals surface area contributed by atoms with Crippen LogP contribution in [-0.4, -0.2) is 33.4 Å². The molecule has 0 N–H and O–H groups in total. The van der Waals surface area contributed by atoms with Crippen LogP contribution in [0.25, 0.3) is 0 Å². The van der Waals surface area contributed by atoms with Crippen molar-refractivity contribution < 1.29 is 13.2 Å². The Labute approximate surface area is 104 Å². The van der Waals surface area contributed by atoms with Gasteiger partial charge in [-0.1, -0.05) is 15.9 Å². The number of benzene rings is 1. The van der Waals surface area contributed by atoms with Crippen LogP contribution < -0.4 is 4.74 Å². The number of ether oxygens (including phenoxy) is 1. The number of sulfonamides is 1. The number of hydrogen-bond donors (Lipinski definition) is 0. The van der Waals surface area contributed by atoms with Crippen LogP contribution in [-0.2, 0) is 10.0 Å². The van der Waals surface area contributed by atoms with Gasteiger partial charge < -0.3 is 4.74 Å². The van der Waals surface area contributed by atoms with E-state index in [1.54, 1.807) is 18.2 Å². The summed E-state index contributed by atoms with van der Waals surface area (Å²) >= 11 is 3.25. The molecule has 0 aliphatic rings. The molecule has 0 radical (unpaired) electrons. The lowest BCUT2D eigenvalue weighted by atomic mass is 10.3. The van der Waals surface area contributed by atoms with Crippen LogP contribution in [0.1, 0.15) is 6.92 Å². The van der Waals surface area contributed by atoms with Crippen LogP contribution in [0.5, 0.6) is 5.75 Å². The summed E-state index contributed by atoms with van der Waals surface area (Å²) in [5.74, 6) is 0.374. The van der Waals surface area contributed by atoms with E-state index in [1.807, 2.05) is 6.92 Å². The molecule has 0 unspecified atom stereocenters. The van der Waals surface area contributed by atoms with Gasteiger partial charge in [0.1, 0.15) is 10.6 Å². The van der Waals surface area contributed by atoms with Crippen molar-refractivity contribution in [2.45, 2.75) is 11.8 Å². The topological polar surface area (TPSA) is 46.6 Å². The summed E-state index contributed by atoms with van der Waals surface area (Å²) in [6, 6.07) is 4.93. The van der Waals surface area contributed by atoms with Gasteiger partial charge in [-0.3, -0.25) is 0 Å². The Kier molecular flexibility index (Phi) is 4.35. The van der Waals surface area contributed by atoms with Crippen LogP contribution in [0, 0.1) is 0 Å². The second-order valence-electron chi connectivity index (χ2n) is 3.31. The van der Waals surface area contributed by atoms with Gasteiger partial charge in [0.2, 0.25) is 10.0 Å². The van der Waals surface area contributed by atoms with E-state index in [9.17, 15) is 8.42 Å². The molecular weight excluding hydrogens is 294 g/mol. The van der Waals surface area contributed by atoms with Crippen molar-refractivity contribution in [1.29, 1.82) is 0 Å². The summed E-state index contributed by atoms with van der Waals surface area (Å²) in [6.07, 6.45) is 0. The molecule has 0 heterocycles. The molecule has 1 aromatic carbocycles. The van der Waals surface area contributed by atoms with E-state index in [0.717, 1.165) is 4.31 Å². The van der Waals surface area contributed by atoms with Gasteiger partial charge >= 0.3 is 0 Å². The van der Waals surface area contributed by atoms with Gasteiger partial charge in [0, 0.05) is 18.6 Å². The van der Waals surface area contributed by atoms with Crippen molar-refractivity contribution in [3.63, 3.8) is 0 Å². The van der Waals surface area contributed by atoms with Crippen molar-refractivity contribution in [3.05, 3.63) is 22.7 Å². The Morgan fingerprint density at radius 1 is 1.38 bits per heavy atom. The predicted molar refractivity (Wildman–Crippen MR) is 66.2 cm³/mol. The van der Waals surface area contributed by atoms with E-state index >= 15 is 0 Å². The highest BCUT2D eigenvalue weighted by molar-refractivity contribution is 9.10. The largest absolute Gasteiger partial charge is 0.492 e. The predicted octanol–water partition coefficient (Wildman–Crippen LogP) is 2.10. The van der Waals surface area contributed by atoms with Crippen molar-refractivity contribution in [1.82, 2.24) is 4.31 Å². The molecule has 90 valence electrons. The average molecular weight is 308 g/mol.